The first-order valence-electron chi connectivity index (χ1n) is 8.91. The van der Waals surface area contributed by atoms with E-state index in [1.165, 1.54) is 30.4 Å². The SMILES string of the molecule is C#CCN(CC(=O)Nc1ccc(OC)cc1[N+](=O)[O-])C1CCc2ccccc21. The first-order valence-corrected chi connectivity index (χ1v) is 8.91. The van der Waals surface area contributed by atoms with E-state index in [-0.39, 0.29) is 29.9 Å². The number of methoxy groups -OCH3 is 1. The van der Waals surface area contributed by atoms with E-state index >= 15 is 0 Å². The van der Waals surface area contributed by atoms with Crippen LogP contribution in [0.25, 0.3) is 0 Å². The van der Waals surface area contributed by atoms with Gasteiger partial charge in [-0.05, 0) is 36.1 Å². The van der Waals surface area contributed by atoms with Crippen molar-refractivity contribution >= 4 is 17.3 Å². The van der Waals surface area contributed by atoms with E-state index < -0.39 is 4.92 Å². The monoisotopic (exact) mass is 379 g/mol. The number of rotatable bonds is 7. The normalized spacial score (nSPS) is 15.0. The second-order valence-electron chi connectivity index (χ2n) is 6.55. The third-order valence-corrected chi connectivity index (χ3v) is 4.86. The zero-order chi connectivity index (χ0) is 20.1. The predicted molar refractivity (Wildman–Crippen MR) is 106 cm³/mol. The molecule has 0 spiro atoms. The van der Waals surface area contributed by atoms with Gasteiger partial charge in [0.1, 0.15) is 11.4 Å². The molecule has 28 heavy (non-hydrogen) atoms. The second kappa shape index (κ2) is 8.55. The quantitative estimate of drug-likeness (QED) is 0.454. The maximum atomic E-state index is 12.6. The predicted octanol–water partition coefficient (Wildman–Crippen LogP) is 3.16. The van der Waals surface area contributed by atoms with Crippen LogP contribution in [-0.4, -0.2) is 35.9 Å². The fourth-order valence-corrected chi connectivity index (χ4v) is 3.58. The number of nitro groups is 1. The topological polar surface area (TPSA) is 84.7 Å². The molecule has 0 saturated carbocycles. The van der Waals surface area contributed by atoms with E-state index in [4.69, 9.17) is 11.2 Å². The highest BCUT2D eigenvalue weighted by Crippen LogP contribution is 2.35. The van der Waals surface area contributed by atoms with E-state index in [0.29, 0.717) is 12.3 Å². The first-order chi connectivity index (χ1) is 13.5. The lowest BCUT2D eigenvalue weighted by atomic mass is 10.1. The van der Waals surface area contributed by atoms with Gasteiger partial charge in [0.15, 0.2) is 0 Å². The molecule has 1 aliphatic rings. The molecule has 0 bridgehead atoms. The molecule has 0 fully saturated rings. The van der Waals surface area contributed by atoms with Gasteiger partial charge in [0.05, 0.1) is 31.2 Å². The van der Waals surface area contributed by atoms with Crippen molar-refractivity contribution in [1.29, 1.82) is 0 Å². The van der Waals surface area contributed by atoms with Crippen LogP contribution in [0.2, 0.25) is 0 Å². The largest absolute Gasteiger partial charge is 0.496 e. The van der Waals surface area contributed by atoms with Gasteiger partial charge in [0.25, 0.3) is 5.69 Å². The third-order valence-electron chi connectivity index (χ3n) is 4.86. The number of benzene rings is 2. The summed E-state index contributed by atoms with van der Waals surface area (Å²) in [5.41, 5.74) is 2.35. The lowest BCUT2D eigenvalue weighted by Gasteiger charge is -2.27. The minimum atomic E-state index is -0.551. The van der Waals surface area contributed by atoms with Crippen LogP contribution >= 0.6 is 0 Å². The Bertz CT molecular complexity index is 935. The first kappa shape index (κ1) is 19.4. The average Bonchev–Trinajstić information content (AvgIpc) is 3.12. The summed E-state index contributed by atoms with van der Waals surface area (Å²) in [7, 11) is 1.43. The molecule has 1 aliphatic carbocycles. The molecule has 0 aliphatic heterocycles. The van der Waals surface area contributed by atoms with Crippen molar-refractivity contribution in [3.05, 3.63) is 63.7 Å². The lowest BCUT2D eigenvalue weighted by Crippen LogP contribution is -2.36. The zero-order valence-electron chi connectivity index (χ0n) is 15.6. The summed E-state index contributed by atoms with van der Waals surface area (Å²) in [5, 5.41) is 13.9. The van der Waals surface area contributed by atoms with Crippen molar-refractivity contribution in [2.75, 3.05) is 25.5 Å². The van der Waals surface area contributed by atoms with Crippen molar-refractivity contribution in [2.45, 2.75) is 18.9 Å². The Hall–Kier alpha value is -3.37. The van der Waals surface area contributed by atoms with E-state index in [1.54, 1.807) is 6.07 Å². The summed E-state index contributed by atoms with van der Waals surface area (Å²) in [6, 6.07) is 12.5. The fourth-order valence-electron chi connectivity index (χ4n) is 3.58. The standard InChI is InChI=1S/C21H21N3O4/c1-3-12-23(19-11-8-15-6-4-5-7-17(15)19)14-21(25)22-18-10-9-16(28-2)13-20(18)24(26)27/h1,4-7,9-10,13,19H,8,11-12,14H2,2H3,(H,22,25). The summed E-state index contributed by atoms with van der Waals surface area (Å²) >= 11 is 0. The van der Waals surface area contributed by atoms with Crippen molar-refractivity contribution in [3.63, 3.8) is 0 Å². The number of fused-ring (bicyclic) bond motifs is 1. The van der Waals surface area contributed by atoms with Crippen LogP contribution in [0.1, 0.15) is 23.6 Å². The second-order valence-corrected chi connectivity index (χ2v) is 6.55. The number of carbonyl (C=O) groups is 1. The minimum Gasteiger partial charge on any atom is -0.496 e. The zero-order valence-corrected chi connectivity index (χ0v) is 15.6. The fraction of sp³-hybridized carbons (Fsp3) is 0.286. The molecule has 3 rings (SSSR count). The van der Waals surface area contributed by atoms with Crippen molar-refractivity contribution in [2.24, 2.45) is 0 Å². The molecule has 1 atom stereocenters. The molecule has 0 aromatic heterocycles. The van der Waals surface area contributed by atoms with E-state index in [0.717, 1.165) is 12.8 Å². The van der Waals surface area contributed by atoms with Crippen LogP contribution < -0.4 is 10.1 Å². The van der Waals surface area contributed by atoms with E-state index in [1.807, 2.05) is 17.0 Å². The Morgan fingerprint density at radius 2 is 2.18 bits per heavy atom. The van der Waals surface area contributed by atoms with Gasteiger partial charge in [-0.2, -0.15) is 0 Å². The number of ether oxygens (including phenoxy) is 1. The molecule has 0 saturated heterocycles. The summed E-state index contributed by atoms with van der Waals surface area (Å²) in [5.74, 6) is 2.61. The number of nitrogens with one attached hydrogen (secondary N) is 1. The number of terminal acetylenes is 1. The Kier molecular flexibility index (Phi) is 5.92. The molecule has 2 aromatic carbocycles. The minimum absolute atomic E-state index is 0.0480. The Morgan fingerprint density at radius 3 is 2.89 bits per heavy atom. The summed E-state index contributed by atoms with van der Waals surface area (Å²) in [4.78, 5) is 25.3. The molecule has 1 N–H and O–H groups in total. The molecule has 0 heterocycles. The van der Waals surface area contributed by atoms with Gasteiger partial charge in [-0.1, -0.05) is 30.2 Å². The van der Waals surface area contributed by atoms with Gasteiger partial charge in [-0.25, -0.2) is 0 Å². The number of aryl methyl sites for hydroxylation is 1. The Labute approximate surface area is 163 Å². The summed E-state index contributed by atoms with van der Waals surface area (Å²) in [6.07, 6.45) is 7.34. The molecule has 7 heteroatoms. The molecule has 2 aromatic rings. The molecule has 1 unspecified atom stereocenters. The highest BCUT2D eigenvalue weighted by Gasteiger charge is 2.29. The van der Waals surface area contributed by atoms with Gasteiger partial charge in [-0.15, -0.1) is 6.42 Å². The maximum absolute atomic E-state index is 12.6. The van der Waals surface area contributed by atoms with Gasteiger partial charge in [0, 0.05) is 6.04 Å². The molecule has 7 nitrogen and oxygen atoms in total. The van der Waals surface area contributed by atoms with Crippen molar-refractivity contribution < 1.29 is 14.5 Å². The molecule has 144 valence electrons. The number of hydrogen-bond acceptors (Lipinski definition) is 5. The lowest BCUT2D eigenvalue weighted by molar-refractivity contribution is -0.384. The highest BCUT2D eigenvalue weighted by atomic mass is 16.6. The molecular weight excluding hydrogens is 358 g/mol. The van der Waals surface area contributed by atoms with Crippen LogP contribution in [0, 0.1) is 22.5 Å². The van der Waals surface area contributed by atoms with Crippen LogP contribution in [-0.2, 0) is 11.2 Å². The number of carbonyl (C=O) groups excluding carboxylic acids is 1. The van der Waals surface area contributed by atoms with Crippen LogP contribution in [0.5, 0.6) is 5.75 Å². The number of nitrogens with zero attached hydrogens (tertiary/aromatic N) is 2. The van der Waals surface area contributed by atoms with Crippen molar-refractivity contribution in [1.82, 2.24) is 4.90 Å². The summed E-state index contributed by atoms with van der Waals surface area (Å²) < 4.78 is 5.01. The third kappa shape index (κ3) is 4.13. The maximum Gasteiger partial charge on any atom is 0.296 e. The van der Waals surface area contributed by atoms with E-state index in [9.17, 15) is 14.9 Å². The Balaban J connectivity index is 1.76. The van der Waals surface area contributed by atoms with Crippen LogP contribution in [0.15, 0.2) is 42.5 Å². The molecule has 0 radical (unpaired) electrons. The van der Waals surface area contributed by atoms with Gasteiger partial charge >= 0.3 is 0 Å². The smallest absolute Gasteiger partial charge is 0.296 e. The van der Waals surface area contributed by atoms with Gasteiger partial charge < -0.3 is 10.1 Å². The summed E-state index contributed by atoms with van der Waals surface area (Å²) in [6.45, 7) is 0.365. The average molecular weight is 379 g/mol. The van der Waals surface area contributed by atoms with Gasteiger partial charge in [-0.3, -0.25) is 19.8 Å². The Morgan fingerprint density at radius 1 is 1.39 bits per heavy atom. The molecule has 1 amide bonds. The number of hydrogen-bond donors (Lipinski definition) is 1. The van der Waals surface area contributed by atoms with E-state index in [2.05, 4.69) is 23.4 Å². The van der Waals surface area contributed by atoms with Crippen LogP contribution in [0.3, 0.4) is 0 Å². The van der Waals surface area contributed by atoms with Gasteiger partial charge in [0.2, 0.25) is 5.91 Å². The number of amides is 1. The molecular formula is C21H21N3O4. The highest BCUT2D eigenvalue weighted by molar-refractivity contribution is 5.94. The number of anilines is 1. The van der Waals surface area contributed by atoms with Crippen LogP contribution in [0.4, 0.5) is 11.4 Å². The van der Waals surface area contributed by atoms with Crippen molar-refractivity contribution in [3.8, 4) is 18.1 Å². The number of nitro benzene ring substituents is 1.